The summed E-state index contributed by atoms with van der Waals surface area (Å²) in [6, 6.07) is -0.521. The molecule has 60 valence electrons. The van der Waals surface area contributed by atoms with Gasteiger partial charge in [-0.05, 0) is 19.9 Å². The van der Waals surface area contributed by atoms with Gasteiger partial charge in [-0.3, -0.25) is 4.79 Å². The highest BCUT2D eigenvalue weighted by Gasteiger charge is 2.12. The van der Waals surface area contributed by atoms with Gasteiger partial charge in [-0.25, -0.2) is 0 Å². The van der Waals surface area contributed by atoms with Crippen LogP contribution >= 0.6 is 0 Å². The zero-order chi connectivity index (χ0) is 7.98. The van der Waals surface area contributed by atoms with E-state index in [9.17, 15) is 4.79 Å². The average molecular weight is 147 g/mol. The molecule has 0 rings (SSSR count). The fraction of sp³-hybridized carbons (Fsp3) is 0.833. The van der Waals surface area contributed by atoms with E-state index in [2.05, 4.69) is 5.32 Å². The Morgan fingerprint density at radius 2 is 2.30 bits per heavy atom. The summed E-state index contributed by atoms with van der Waals surface area (Å²) in [7, 11) is 1.59. The topological polar surface area (TPSA) is 69.6 Å². The number of aliphatic hydroxyl groups excluding tert-OH is 1. The van der Waals surface area contributed by atoms with Gasteiger partial charge in [0.1, 0.15) is 6.04 Å². The van der Waals surface area contributed by atoms with Crippen molar-refractivity contribution in [3.05, 3.63) is 0 Å². The summed E-state index contributed by atoms with van der Waals surface area (Å²) in [4.78, 5) is 10.3. The maximum absolute atomic E-state index is 10.3. The highest BCUT2D eigenvalue weighted by Crippen LogP contribution is 1.94. The second-order valence-electron chi connectivity index (χ2n) is 2.05. The van der Waals surface area contributed by atoms with E-state index in [4.69, 9.17) is 10.2 Å². The number of hydrogen-bond donors (Lipinski definition) is 3. The van der Waals surface area contributed by atoms with Gasteiger partial charge in [-0.2, -0.15) is 0 Å². The van der Waals surface area contributed by atoms with Gasteiger partial charge in [0.2, 0.25) is 0 Å². The lowest BCUT2D eigenvalue weighted by Gasteiger charge is -2.08. The van der Waals surface area contributed by atoms with Crippen molar-refractivity contribution in [2.75, 3.05) is 13.7 Å². The summed E-state index contributed by atoms with van der Waals surface area (Å²) in [6.45, 7) is 0.0471. The van der Waals surface area contributed by atoms with Gasteiger partial charge in [0.15, 0.2) is 0 Å². The van der Waals surface area contributed by atoms with Crippen molar-refractivity contribution in [1.29, 1.82) is 0 Å². The van der Waals surface area contributed by atoms with Gasteiger partial charge in [0.25, 0.3) is 0 Å². The van der Waals surface area contributed by atoms with E-state index in [0.29, 0.717) is 12.8 Å². The van der Waals surface area contributed by atoms with Gasteiger partial charge < -0.3 is 15.5 Å². The molecule has 1 atom stereocenters. The van der Waals surface area contributed by atoms with Crippen LogP contribution in [0, 0.1) is 0 Å². The normalized spacial score (nSPS) is 13.0. The van der Waals surface area contributed by atoms with Gasteiger partial charge in [0, 0.05) is 6.61 Å². The van der Waals surface area contributed by atoms with Crippen LogP contribution in [-0.2, 0) is 4.79 Å². The fourth-order valence-corrected chi connectivity index (χ4v) is 0.687. The third-order valence-corrected chi connectivity index (χ3v) is 1.30. The summed E-state index contributed by atoms with van der Waals surface area (Å²) >= 11 is 0. The second-order valence-corrected chi connectivity index (χ2v) is 2.05. The number of nitrogens with one attached hydrogen (secondary N) is 1. The number of aliphatic carboxylic acids is 1. The lowest BCUT2D eigenvalue weighted by molar-refractivity contribution is -0.139. The monoisotopic (exact) mass is 147 g/mol. The zero-order valence-corrected chi connectivity index (χ0v) is 6.00. The molecule has 0 aromatic rings. The van der Waals surface area contributed by atoms with E-state index in [1.54, 1.807) is 7.05 Å². The number of carbonyl (C=O) groups is 1. The smallest absolute Gasteiger partial charge is 0.320 e. The Hall–Kier alpha value is -0.610. The predicted molar refractivity (Wildman–Crippen MR) is 36.8 cm³/mol. The van der Waals surface area contributed by atoms with Crippen LogP contribution in [0.25, 0.3) is 0 Å². The maximum atomic E-state index is 10.3. The Morgan fingerprint density at radius 3 is 2.60 bits per heavy atom. The molecule has 0 fully saturated rings. The minimum Gasteiger partial charge on any atom is -0.480 e. The zero-order valence-electron chi connectivity index (χ0n) is 6.00. The largest absolute Gasteiger partial charge is 0.480 e. The molecular weight excluding hydrogens is 134 g/mol. The van der Waals surface area contributed by atoms with Crippen LogP contribution in [0.15, 0.2) is 0 Å². The molecule has 4 nitrogen and oxygen atoms in total. The number of rotatable bonds is 5. The molecule has 0 aromatic carbocycles. The molecule has 10 heavy (non-hydrogen) atoms. The molecule has 0 aliphatic rings. The summed E-state index contributed by atoms with van der Waals surface area (Å²) in [5.74, 6) is -0.865. The van der Waals surface area contributed by atoms with Crippen LogP contribution in [0.2, 0.25) is 0 Å². The molecule has 4 heteroatoms. The molecule has 0 saturated heterocycles. The molecule has 0 saturated carbocycles. The summed E-state index contributed by atoms with van der Waals surface area (Å²) in [5, 5.41) is 19.5. The van der Waals surface area contributed by atoms with E-state index in [0.717, 1.165) is 0 Å². The Morgan fingerprint density at radius 1 is 1.70 bits per heavy atom. The second kappa shape index (κ2) is 5.20. The Balaban J connectivity index is 3.50. The fourth-order valence-electron chi connectivity index (χ4n) is 0.687. The highest BCUT2D eigenvalue weighted by atomic mass is 16.4. The number of carboxylic acid groups (broad SMARTS) is 1. The SMILES string of the molecule is CNC(CCCO)C(=O)O. The van der Waals surface area contributed by atoms with Crippen LogP contribution in [0.1, 0.15) is 12.8 Å². The molecule has 1 unspecified atom stereocenters. The number of likely N-dealkylation sites (N-methyl/N-ethyl adjacent to an activating group) is 1. The van der Waals surface area contributed by atoms with Crippen molar-refractivity contribution in [1.82, 2.24) is 5.32 Å². The lowest BCUT2D eigenvalue weighted by atomic mass is 10.2. The van der Waals surface area contributed by atoms with Crippen molar-refractivity contribution < 1.29 is 15.0 Å². The summed E-state index contributed by atoms with van der Waals surface area (Å²) in [6.07, 6.45) is 1.00. The minimum absolute atomic E-state index is 0.0471. The standard InChI is InChI=1S/C6H13NO3/c1-7-5(6(9)10)3-2-4-8/h5,7-8H,2-4H2,1H3,(H,9,10). The van der Waals surface area contributed by atoms with Crippen molar-refractivity contribution in [2.24, 2.45) is 0 Å². The first kappa shape index (κ1) is 9.39. The number of aliphatic hydroxyl groups is 1. The maximum Gasteiger partial charge on any atom is 0.320 e. The number of hydrogen-bond acceptors (Lipinski definition) is 3. The van der Waals surface area contributed by atoms with Gasteiger partial charge in [-0.15, -0.1) is 0 Å². The number of carboxylic acids is 1. The van der Waals surface area contributed by atoms with E-state index in [-0.39, 0.29) is 6.61 Å². The first-order chi connectivity index (χ1) is 4.72. The van der Waals surface area contributed by atoms with Gasteiger partial charge in [-0.1, -0.05) is 0 Å². The third kappa shape index (κ3) is 3.42. The molecule has 0 aliphatic carbocycles. The summed E-state index contributed by atoms with van der Waals surface area (Å²) in [5.41, 5.74) is 0. The van der Waals surface area contributed by atoms with E-state index < -0.39 is 12.0 Å². The molecule has 0 radical (unpaired) electrons. The Bertz CT molecular complexity index is 105. The van der Waals surface area contributed by atoms with Crippen molar-refractivity contribution in [2.45, 2.75) is 18.9 Å². The van der Waals surface area contributed by atoms with Crippen LogP contribution in [0.5, 0.6) is 0 Å². The van der Waals surface area contributed by atoms with Crippen molar-refractivity contribution in [3.63, 3.8) is 0 Å². The first-order valence-corrected chi connectivity index (χ1v) is 3.23. The van der Waals surface area contributed by atoms with Crippen LogP contribution in [0.3, 0.4) is 0 Å². The molecular formula is C6H13NO3. The molecule has 0 spiro atoms. The van der Waals surface area contributed by atoms with E-state index in [1.807, 2.05) is 0 Å². The molecule has 0 bridgehead atoms. The van der Waals surface area contributed by atoms with Crippen LogP contribution < -0.4 is 5.32 Å². The quantitative estimate of drug-likeness (QED) is 0.487. The highest BCUT2D eigenvalue weighted by molar-refractivity contribution is 5.73. The summed E-state index contributed by atoms with van der Waals surface area (Å²) < 4.78 is 0. The third-order valence-electron chi connectivity index (χ3n) is 1.30. The average Bonchev–Trinajstić information content (AvgIpc) is 1.89. The molecule has 0 amide bonds. The van der Waals surface area contributed by atoms with E-state index >= 15 is 0 Å². The molecule has 0 aromatic heterocycles. The van der Waals surface area contributed by atoms with Crippen LogP contribution in [-0.4, -0.2) is 35.9 Å². The van der Waals surface area contributed by atoms with Gasteiger partial charge >= 0.3 is 5.97 Å². The van der Waals surface area contributed by atoms with Crippen LogP contribution in [0.4, 0.5) is 0 Å². The Labute approximate surface area is 59.9 Å². The Kier molecular flexibility index (Phi) is 4.88. The molecule has 0 heterocycles. The molecule has 3 N–H and O–H groups in total. The first-order valence-electron chi connectivity index (χ1n) is 3.23. The van der Waals surface area contributed by atoms with Gasteiger partial charge in [0.05, 0.1) is 0 Å². The minimum atomic E-state index is -0.865. The van der Waals surface area contributed by atoms with E-state index in [1.165, 1.54) is 0 Å². The van der Waals surface area contributed by atoms with Crippen molar-refractivity contribution in [3.8, 4) is 0 Å². The lowest BCUT2D eigenvalue weighted by Crippen LogP contribution is -2.33. The molecule has 0 aliphatic heterocycles. The van der Waals surface area contributed by atoms with Crippen molar-refractivity contribution >= 4 is 5.97 Å². The predicted octanol–water partition coefficient (Wildman–Crippen LogP) is -0.569.